The fourth-order valence-electron chi connectivity index (χ4n) is 1.85. The second-order valence-electron chi connectivity index (χ2n) is 4.22. The third-order valence-corrected chi connectivity index (χ3v) is 3.41. The van der Waals surface area contributed by atoms with Crippen molar-refractivity contribution in [2.24, 2.45) is 0 Å². The number of nitriles is 1. The number of Topliss-reactive ketones (excluding diaryl/α,β-unsaturated/α-hetero) is 1. The summed E-state index contributed by atoms with van der Waals surface area (Å²) in [4.78, 5) is 12.3. The summed E-state index contributed by atoms with van der Waals surface area (Å²) in [7, 11) is 0. The molecule has 0 saturated heterocycles. The molecule has 106 valence electrons. The summed E-state index contributed by atoms with van der Waals surface area (Å²) in [6.45, 7) is 0. The van der Waals surface area contributed by atoms with Crippen LogP contribution in [0.25, 0.3) is 0 Å². The van der Waals surface area contributed by atoms with Crippen LogP contribution in [0.5, 0.6) is 0 Å². The number of halogens is 4. The van der Waals surface area contributed by atoms with Gasteiger partial charge >= 0.3 is 0 Å². The topological polar surface area (TPSA) is 40.9 Å². The minimum absolute atomic E-state index is 0.0522. The Kier molecular flexibility index (Phi) is 4.56. The van der Waals surface area contributed by atoms with E-state index in [2.05, 4.69) is 0 Å². The molecule has 0 aliphatic heterocycles. The summed E-state index contributed by atoms with van der Waals surface area (Å²) in [6, 6.07) is 8.55. The van der Waals surface area contributed by atoms with E-state index in [0.717, 1.165) is 12.1 Å². The summed E-state index contributed by atoms with van der Waals surface area (Å²) < 4.78 is 26.6. The van der Waals surface area contributed by atoms with Crippen molar-refractivity contribution in [1.82, 2.24) is 0 Å². The quantitative estimate of drug-likeness (QED) is 0.763. The molecule has 0 N–H and O–H groups in total. The van der Waals surface area contributed by atoms with E-state index in [1.54, 1.807) is 6.07 Å². The van der Waals surface area contributed by atoms with Crippen LogP contribution in [-0.2, 0) is 0 Å². The molecule has 0 amide bonds. The number of ketones is 1. The number of hydrogen-bond donors (Lipinski definition) is 0. The number of benzene rings is 2. The van der Waals surface area contributed by atoms with Crippen LogP contribution in [0.3, 0.4) is 0 Å². The van der Waals surface area contributed by atoms with E-state index in [-0.39, 0.29) is 16.1 Å². The highest BCUT2D eigenvalue weighted by molar-refractivity contribution is 6.37. The Bertz CT molecular complexity index is 756. The van der Waals surface area contributed by atoms with Crippen molar-refractivity contribution in [2.75, 3.05) is 0 Å². The van der Waals surface area contributed by atoms with Crippen LogP contribution < -0.4 is 0 Å². The Morgan fingerprint density at radius 1 is 1.14 bits per heavy atom. The predicted molar refractivity (Wildman–Crippen MR) is 75.5 cm³/mol. The molecule has 2 rings (SSSR count). The van der Waals surface area contributed by atoms with Crippen LogP contribution >= 0.6 is 23.2 Å². The molecule has 0 aliphatic rings. The van der Waals surface area contributed by atoms with E-state index in [4.69, 9.17) is 28.5 Å². The van der Waals surface area contributed by atoms with Gasteiger partial charge in [0.25, 0.3) is 0 Å². The Hall–Kier alpha value is -1.96. The first-order valence-electron chi connectivity index (χ1n) is 5.78. The van der Waals surface area contributed by atoms with Crippen molar-refractivity contribution in [3.05, 3.63) is 69.2 Å². The van der Waals surface area contributed by atoms with Gasteiger partial charge in [-0.1, -0.05) is 29.3 Å². The molecular formula is C15H7Cl2F2NO. The molecule has 0 aromatic heterocycles. The van der Waals surface area contributed by atoms with E-state index in [9.17, 15) is 13.6 Å². The third kappa shape index (κ3) is 3.21. The monoisotopic (exact) mass is 325 g/mol. The molecule has 0 heterocycles. The maximum Gasteiger partial charge on any atom is 0.186 e. The number of carbonyl (C=O) groups excluding carboxylic acids is 1. The van der Waals surface area contributed by atoms with Crippen LogP contribution in [0.2, 0.25) is 10.0 Å². The minimum Gasteiger partial charge on any atom is -0.292 e. The van der Waals surface area contributed by atoms with Gasteiger partial charge in [-0.2, -0.15) is 5.26 Å². The van der Waals surface area contributed by atoms with Crippen LogP contribution in [-0.4, -0.2) is 5.78 Å². The van der Waals surface area contributed by atoms with Crippen LogP contribution in [0.15, 0.2) is 36.4 Å². The minimum atomic E-state index is -1.41. The zero-order valence-electron chi connectivity index (χ0n) is 10.4. The van der Waals surface area contributed by atoms with Crippen molar-refractivity contribution in [3.8, 4) is 6.07 Å². The maximum atomic E-state index is 13.7. The van der Waals surface area contributed by atoms with Gasteiger partial charge in [0, 0.05) is 22.2 Å². The standard InChI is InChI=1S/C15H7Cl2F2NO/c16-8-1-3-11(13(17)5-8)15(21)12(7-20)10-4-2-9(18)6-14(10)19/h1-6,12H. The number of hydrogen-bond acceptors (Lipinski definition) is 2. The number of carbonyl (C=O) groups is 1. The van der Waals surface area contributed by atoms with Gasteiger partial charge < -0.3 is 0 Å². The van der Waals surface area contributed by atoms with Crippen LogP contribution in [0.1, 0.15) is 21.8 Å². The second kappa shape index (κ2) is 6.21. The summed E-state index contributed by atoms with van der Waals surface area (Å²) in [5.74, 6) is -3.83. The first-order chi connectivity index (χ1) is 9.93. The Labute approximate surface area is 129 Å². The molecule has 0 fully saturated rings. The van der Waals surface area contributed by atoms with Gasteiger partial charge in [-0.15, -0.1) is 0 Å². The van der Waals surface area contributed by atoms with Gasteiger partial charge in [0.15, 0.2) is 5.78 Å². The Morgan fingerprint density at radius 2 is 1.86 bits per heavy atom. The van der Waals surface area contributed by atoms with Crippen molar-refractivity contribution in [1.29, 1.82) is 5.26 Å². The molecule has 2 nitrogen and oxygen atoms in total. The van der Waals surface area contributed by atoms with Crippen molar-refractivity contribution in [3.63, 3.8) is 0 Å². The van der Waals surface area contributed by atoms with Crippen molar-refractivity contribution in [2.45, 2.75) is 5.92 Å². The van der Waals surface area contributed by atoms with Crippen LogP contribution in [0, 0.1) is 23.0 Å². The predicted octanol–water partition coefficient (Wildman–Crippen LogP) is 4.76. The van der Waals surface area contributed by atoms with Gasteiger partial charge in [0.1, 0.15) is 17.6 Å². The molecule has 21 heavy (non-hydrogen) atoms. The highest BCUT2D eigenvalue weighted by atomic mass is 35.5. The lowest BCUT2D eigenvalue weighted by molar-refractivity contribution is 0.0977. The van der Waals surface area contributed by atoms with E-state index in [1.165, 1.54) is 18.2 Å². The largest absolute Gasteiger partial charge is 0.292 e. The van der Waals surface area contributed by atoms with Gasteiger partial charge in [-0.05, 0) is 24.3 Å². The average Bonchev–Trinajstić information content (AvgIpc) is 2.41. The first-order valence-corrected chi connectivity index (χ1v) is 6.53. The fraction of sp³-hybridized carbons (Fsp3) is 0.0667. The smallest absolute Gasteiger partial charge is 0.186 e. The maximum absolute atomic E-state index is 13.7. The van der Waals surface area contributed by atoms with E-state index in [1.807, 2.05) is 0 Å². The molecule has 0 bridgehead atoms. The van der Waals surface area contributed by atoms with E-state index >= 15 is 0 Å². The molecular weight excluding hydrogens is 319 g/mol. The SMILES string of the molecule is N#CC(C(=O)c1ccc(Cl)cc1Cl)c1ccc(F)cc1F. The molecule has 2 aromatic carbocycles. The lowest BCUT2D eigenvalue weighted by atomic mass is 9.91. The number of nitrogens with zero attached hydrogens (tertiary/aromatic N) is 1. The Morgan fingerprint density at radius 3 is 2.43 bits per heavy atom. The zero-order valence-corrected chi connectivity index (χ0v) is 11.9. The first kappa shape index (κ1) is 15.4. The molecule has 6 heteroatoms. The highest BCUT2D eigenvalue weighted by Crippen LogP contribution is 2.28. The van der Waals surface area contributed by atoms with Gasteiger partial charge in [0.2, 0.25) is 0 Å². The van der Waals surface area contributed by atoms with E-state index in [0.29, 0.717) is 11.1 Å². The van der Waals surface area contributed by atoms with Gasteiger partial charge in [0.05, 0.1) is 11.1 Å². The second-order valence-corrected chi connectivity index (χ2v) is 5.06. The summed E-state index contributed by atoms with van der Waals surface area (Å²) in [5, 5.41) is 9.55. The summed E-state index contributed by atoms with van der Waals surface area (Å²) in [5.41, 5.74) is -0.147. The molecule has 0 radical (unpaired) electrons. The zero-order chi connectivity index (χ0) is 15.6. The molecule has 0 aliphatic carbocycles. The summed E-state index contributed by atoms with van der Waals surface area (Å²) >= 11 is 11.6. The van der Waals surface area contributed by atoms with Crippen molar-refractivity contribution >= 4 is 29.0 Å². The summed E-state index contributed by atoms with van der Waals surface area (Å²) in [6.07, 6.45) is 0. The molecule has 1 atom stereocenters. The van der Waals surface area contributed by atoms with Crippen molar-refractivity contribution < 1.29 is 13.6 Å². The molecule has 2 aromatic rings. The molecule has 0 saturated carbocycles. The highest BCUT2D eigenvalue weighted by Gasteiger charge is 2.26. The number of rotatable bonds is 3. The lowest BCUT2D eigenvalue weighted by Gasteiger charge is -2.11. The average molecular weight is 326 g/mol. The molecule has 1 unspecified atom stereocenters. The van der Waals surface area contributed by atoms with Crippen LogP contribution in [0.4, 0.5) is 8.78 Å². The lowest BCUT2D eigenvalue weighted by Crippen LogP contribution is -2.13. The van der Waals surface area contributed by atoms with Gasteiger partial charge in [-0.25, -0.2) is 8.78 Å². The Balaban J connectivity index is 2.46. The van der Waals surface area contributed by atoms with E-state index < -0.39 is 23.3 Å². The molecule has 0 spiro atoms. The third-order valence-electron chi connectivity index (χ3n) is 2.86. The normalized spacial score (nSPS) is 11.8. The van der Waals surface area contributed by atoms with Gasteiger partial charge in [-0.3, -0.25) is 4.79 Å². The fourth-order valence-corrected chi connectivity index (χ4v) is 2.35.